The van der Waals surface area contributed by atoms with E-state index in [9.17, 15) is 9.18 Å². The van der Waals surface area contributed by atoms with Gasteiger partial charge in [0.1, 0.15) is 5.75 Å². The van der Waals surface area contributed by atoms with Gasteiger partial charge in [0.15, 0.2) is 6.61 Å². The van der Waals surface area contributed by atoms with E-state index in [1.807, 2.05) is 0 Å². The highest BCUT2D eigenvalue weighted by atomic mass is 19.1. The summed E-state index contributed by atoms with van der Waals surface area (Å²) in [4.78, 5) is 16.7. The van der Waals surface area contributed by atoms with Crippen LogP contribution in [0.25, 0.3) is 0 Å². The third-order valence-corrected chi connectivity index (χ3v) is 2.55. The van der Waals surface area contributed by atoms with E-state index in [0.717, 1.165) is 12.8 Å². The lowest BCUT2D eigenvalue weighted by atomic mass is 10.4. The molecule has 1 amide bonds. The van der Waals surface area contributed by atoms with E-state index >= 15 is 0 Å². The maximum atomic E-state index is 12.5. The minimum absolute atomic E-state index is 0.0275. The van der Waals surface area contributed by atoms with E-state index in [1.54, 1.807) is 11.9 Å². The Morgan fingerprint density at radius 3 is 2.94 bits per heavy atom. The molecule has 0 atom stereocenters. The van der Waals surface area contributed by atoms with Gasteiger partial charge in [0, 0.05) is 13.1 Å². The predicted molar refractivity (Wildman–Crippen MR) is 55.5 cm³/mol. The number of ether oxygens (including phenoxy) is 1. The predicted octanol–water partition coefficient (Wildman–Crippen LogP) is 1.22. The molecule has 0 spiro atoms. The summed E-state index contributed by atoms with van der Waals surface area (Å²) in [7, 11) is 1.77. The molecular weight excluding hydrogens is 211 g/mol. The Morgan fingerprint density at radius 2 is 2.38 bits per heavy atom. The third-order valence-electron chi connectivity index (χ3n) is 2.55. The van der Waals surface area contributed by atoms with Crippen LogP contribution in [0.1, 0.15) is 12.8 Å². The Labute approximate surface area is 93.0 Å². The quantitative estimate of drug-likeness (QED) is 0.722. The summed E-state index contributed by atoms with van der Waals surface area (Å²) in [6.45, 7) is -0.0275. The van der Waals surface area contributed by atoms with Gasteiger partial charge in [-0.3, -0.25) is 4.79 Å². The molecule has 0 aromatic carbocycles. The molecule has 1 fully saturated rings. The molecule has 0 aliphatic heterocycles. The lowest BCUT2D eigenvalue weighted by molar-refractivity contribution is -0.132. The molecule has 0 saturated heterocycles. The molecule has 86 valence electrons. The highest BCUT2D eigenvalue weighted by molar-refractivity contribution is 5.78. The van der Waals surface area contributed by atoms with Gasteiger partial charge in [-0.1, -0.05) is 0 Å². The molecule has 0 bridgehead atoms. The van der Waals surface area contributed by atoms with E-state index in [4.69, 9.17) is 4.74 Å². The second-order valence-electron chi connectivity index (χ2n) is 3.84. The largest absolute Gasteiger partial charge is 0.482 e. The highest BCUT2D eigenvalue weighted by Gasteiger charge is 2.29. The van der Waals surface area contributed by atoms with Crippen molar-refractivity contribution >= 4 is 5.91 Å². The van der Waals surface area contributed by atoms with Crippen LogP contribution in [0.3, 0.4) is 0 Å². The van der Waals surface area contributed by atoms with Crippen LogP contribution in [0.5, 0.6) is 5.75 Å². The first-order chi connectivity index (χ1) is 7.66. The molecule has 2 rings (SSSR count). The maximum Gasteiger partial charge on any atom is 0.260 e. The van der Waals surface area contributed by atoms with Crippen LogP contribution < -0.4 is 4.74 Å². The van der Waals surface area contributed by atoms with Crippen LogP contribution in [0, 0.1) is 5.95 Å². The minimum Gasteiger partial charge on any atom is -0.482 e. The second-order valence-corrected chi connectivity index (χ2v) is 3.84. The lowest BCUT2D eigenvalue weighted by Gasteiger charge is -2.16. The molecule has 1 aromatic rings. The van der Waals surface area contributed by atoms with Crippen molar-refractivity contribution in [3.8, 4) is 5.75 Å². The summed E-state index contributed by atoms with van der Waals surface area (Å²) in [6, 6.07) is 3.03. The first-order valence-corrected chi connectivity index (χ1v) is 5.17. The van der Waals surface area contributed by atoms with E-state index < -0.39 is 5.95 Å². The van der Waals surface area contributed by atoms with Gasteiger partial charge in [0.25, 0.3) is 5.91 Å². The minimum atomic E-state index is -0.561. The van der Waals surface area contributed by atoms with Crippen LogP contribution >= 0.6 is 0 Å². The molecule has 1 aromatic heterocycles. The molecule has 5 heteroatoms. The number of amides is 1. The number of hydrogen-bond donors (Lipinski definition) is 0. The van der Waals surface area contributed by atoms with Gasteiger partial charge in [-0.2, -0.15) is 4.39 Å². The second kappa shape index (κ2) is 4.47. The Balaban J connectivity index is 1.82. The van der Waals surface area contributed by atoms with Gasteiger partial charge in [-0.15, -0.1) is 0 Å². The van der Waals surface area contributed by atoms with Crippen molar-refractivity contribution in [3.05, 3.63) is 24.3 Å². The summed E-state index contributed by atoms with van der Waals surface area (Å²) >= 11 is 0. The average Bonchev–Trinajstić information content (AvgIpc) is 3.11. The van der Waals surface area contributed by atoms with Gasteiger partial charge in [-0.25, -0.2) is 4.98 Å². The first-order valence-electron chi connectivity index (χ1n) is 5.17. The van der Waals surface area contributed by atoms with Gasteiger partial charge < -0.3 is 9.64 Å². The van der Waals surface area contributed by atoms with Crippen molar-refractivity contribution in [1.82, 2.24) is 9.88 Å². The fourth-order valence-corrected chi connectivity index (χ4v) is 1.36. The standard InChI is InChI=1S/C11H13FN2O2/c1-14(8-2-3-8)11(15)7-16-9-4-5-10(12)13-6-9/h4-6,8H,2-3,7H2,1H3. The normalized spacial score (nSPS) is 14.6. The van der Waals surface area contributed by atoms with Crippen LogP contribution in [0.15, 0.2) is 18.3 Å². The molecule has 1 saturated carbocycles. The number of halogens is 1. The van der Waals surface area contributed by atoms with Gasteiger partial charge in [0.05, 0.1) is 6.20 Å². The number of nitrogens with zero attached hydrogens (tertiary/aromatic N) is 2. The van der Waals surface area contributed by atoms with Gasteiger partial charge in [0.2, 0.25) is 5.95 Å². The fraction of sp³-hybridized carbons (Fsp3) is 0.455. The summed E-state index contributed by atoms with van der Waals surface area (Å²) in [5.41, 5.74) is 0. The summed E-state index contributed by atoms with van der Waals surface area (Å²) in [6.07, 6.45) is 3.40. The number of pyridine rings is 1. The first kappa shape index (κ1) is 10.9. The Bertz CT molecular complexity index is 376. The Morgan fingerprint density at radius 1 is 1.62 bits per heavy atom. The molecule has 1 aliphatic rings. The lowest BCUT2D eigenvalue weighted by Crippen LogP contribution is -2.33. The summed E-state index contributed by atoms with van der Waals surface area (Å²) < 4.78 is 17.7. The molecule has 0 radical (unpaired) electrons. The molecule has 4 nitrogen and oxygen atoms in total. The van der Waals surface area contributed by atoms with Crippen LogP contribution in [-0.2, 0) is 4.79 Å². The Kier molecular flexibility index (Phi) is 3.03. The molecule has 1 heterocycles. The van der Waals surface area contributed by atoms with E-state index in [2.05, 4.69) is 4.98 Å². The summed E-state index contributed by atoms with van der Waals surface area (Å²) in [5.74, 6) is -0.223. The van der Waals surface area contributed by atoms with E-state index in [-0.39, 0.29) is 12.5 Å². The van der Waals surface area contributed by atoms with Crippen molar-refractivity contribution in [1.29, 1.82) is 0 Å². The average molecular weight is 224 g/mol. The monoisotopic (exact) mass is 224 g/mol. The summed E-state index contributed by atoms with van der Waals surface area (Å²) in [5, 5.41) is 0. The molecule has 16 heavy (non-hydrogen) atoms. The van der Waals surface area contributed by atoms with E-state index in [1.165, 1.54) is 18.3 Å². The zero-order valence-electron chi connectivity index (χ0n) is 9.02. The third kappa shape index (κ3) is 2.68. The SMILES string of the molecule is CN(C(=O)COc1ccc(F)nc1)C1CC1. The van der Waals surface area contributed by atoms with Crippen molar-refractivity contribution in [2.24, 2.45) is 0 Å². The number of likely N-dealkylation sites (N-methyl/N-ethyl adjacent to an activating group) is 1. The van der Waals surface area contributed by atoms with Gasteiger partial charge >= 0.3 is 0 Å². The topological polar surface area (TPSA) is 42.4 Å². The smallest absolute Gasteiger partial charge is 0.260 e. The fourth-order valence-electron chi connectivity index (χ4n) is 1.36. The molecule has 0 N–H and O–H groups in total. The zero-order valence-corrected chi connectivity index (χ0v) is 9.02. The molecule has 1 aliphatic carbocycles. The van der Waals surface area contributed by atoms with Crippen molar-refractivity contribution < 1.29 is 13.9 Å². The van der Waals surface area contributed by atoms with Gasteiger partial charge in [-0.05, 0) is 25.0 Å². The van der Waals surface area contributed by atoms with Crippen LogP contribution in [-0.4, -0.2) is 35.5 Å². The number of carbonyl (C=O) groups excluding carboxylic acids is 1. The highest BCUT2D eigenvalue weighted by Crippen LogP contribution is 2.25. The molecule has 0 unspecified atom stereocenters. The van der Waals surface area contributed by atoms with Crippen LogP contribution in [0.2, 0.25) is 0 Å². The van der Waals surface area contributed by atoms with Crippen molar-refractivity contribution in [2.75, 3.05) is 13.7 Å². The number of carbonyl (C=O) groups is 1. The van der Waals surface area contributed by atoms with Crippen molar-refractivity contribution in [2.45, 2.75) is 18.9 Å². The number of hydrogen-bond acceptors (Lipinski definition) is 3. The Hall–Kier alpha value is -1.65. The maximum absolute atomic E-state index is 12.5. The van der Waals surface area contributed by atoms with Crippen LogP contribution in [0.4, 0.5) is 4.39 Å². The molecular formula is C11H13FN2O2. The number of aromatic nitrogens is 1. The number of rotatable bonds is 4. The zero-order chi connectivity index (χ0) is 11.5. The van der Waals surface area contributed by atoms with E-state index in [0.29, 0.717) is 11.8 Å². The van der Waals surface area contributed by atoms with Crippen molar-refractivity contribution in [3.63, 3.8) is 0 Å².